The number of Topliss-reactive ketones (excluding diaryl/α,β-unsaturated/α-hetero) is 1. The van der Waals surface area contributed by atoms with Crippen LogP contribution in [0.4, 0.5) is 0 Å². The first-order chi connectivity index (χ1) is 10.5. The van der Waals surface area contributed by atoms with E-state index in [-0.39, 0.29) is 17.2 Å². The average molecular weight is 304 g/mol. The van der Waals surface area contributed by atoms with Gasteiger partial charge in [0.1, 0.15) is 0 Å². The van der Waals surface area contributed by atoms with Crippen molar-refractivity contribution in [3.8, 4) is 0 Å². The van der Waals surface area contributed by atoms with Gasteiger partial charge in [-0.2, -0.15) is 0 Å². The Morgan fingerprint density at radius 1 is 1.23 bits per heavy atom. The Balaban J connectivity index is 2.04. The van der Waals surface area contributed by atoms with Gasteiger partial charge in [0.25, 0.3) is 0 Å². The normalized spacial score (nSPS) is 18.1. The Hall–Kier alpha value is -1.23. The summed E-state index contributed by atoms with van der Waals surface area (Å²) in [5.41, 5.74) is 0.816. The van der Waals surface area contributed by atoms with Gasteiger partial charge in [0, 0.05) is 43.2 Å². The molecule has 1 aliphatic rings. The molecule has 2 rings (SSSR count). The monoisotopic (exact) mass is 304 g/mol. The first-order valence-electron chi connectivity index (χ1n) is 8.10. The Labute approximate surface area is 133 Å². The highest BCUT2D eigenvalue weighted by Crippen LogP contribution is 2.13. The molecule has 0 saturated carbocycles. The fourth-order valence-electron chi connectivity index (χ4n) is 2.60. The third-order valence-electron chi connectivity index (χ3n) is 3.89. The highest BCUT2D eigenvalue weighted by molar-refractivity contribution is 5.98. The number of ether oxygens (including phenoxy) is 1. The zero-order chi connectivity index (χ0) is 16.0. The molecule has 1 saturated heterocycles. The van der Waals surface area contributed by atoms with Gasteiger partial charge in [0.15, 0.2) is 5.78 Å². The van der Waals surface area contributed by atoms with Crippen molar-refractivity contribution in [3.05, 3.63) is 35.9 Å². The lowest BCUT2D eigenvalue weighted by Crippen LogP contribution is -2.47. The van der Waals surface area contributed by atoms with Crippen molar-refractivity contribution in [2.75, 3.05) is 39.4 Å². The van der Waals surface area contributed by atoms with Gasteiger partial charge in [-0.25, -0.2) is 0 Å². The average Bonchev–Trinajstić information content (AvgIpc) is 2.52. The first-order valence-corrected chi connectivity index (χ1v) is 8.10. The molecule has 1 aliphatic heterocycles. The van der Waals surface area contributed by atoms with Crippen LogP contribution in [0.5, 0.6) is 0 Å². The molecular weight excluding hydrogens is 276 g/mol. The Morgan fingerprint density at radius 3 is 2.45 bits per heavy atom. The second kappa shape index (κ2) is 7.86. The van der Waals surface area contributed by atoms with E-state index in [4.69, 9.17) is 4.74 Å². The lowest BCUT2D eigenvalue weighted by atomic mass is 9.95. The number of rotatable bonds is 6. The maximum absolute atomic E-state index is 12.8. The third-order valence-corrected chi connectivity index (χ3v) is 3.89. The van der Waals surface area contributed by atoms with E-state index < -0.39 is 0 Å². The second-order valence-corrected chi connectivity index (χ2v) is 6.97. The molecule has 1 atom stereocenters. The maximum atomic E-state index is 12.8. The molecule has 1 aromatic rings. The van der Waals surface area contributed by atoms with E-state index in [1.807, 2.05) is 30.3 Å². The summed E-state index contributed by atoms with van der Waals surface area (Å²) in [4.78, 5) is 15.2. The van der Waals surface area contributed by atoms with Gasteiger partial charge in [-0.1, -0.05) is 30.3 Å². The summed E-state index contributed by atoms with van der Waals surface area (Å²) in [5, 5.41) is 3.48. The lowest BCUT2D eigenvalue weighted by Gasteiger charge is -2.31. The minimum Gasteiger partial charge on any atom is -0.379 e. The van der Waals surface area contributed by atoms with E-state index in [0.29, 0.717) is 6.54 Å². The molecule has 0 aromatic heterocycles. The van der Waals surface area contributed by atoms with Crippen LogP contribution in [0.15, 0.2) is 30.3 Å². The Morgan fingerprint density at radius 2 is 1.86 bits per heavy atom. The molecule has 0 aliphatic carbocycles. The molecule has 122 valence electrons. The van der Waals surface area contributed by atoms with Crippen molar-refractivity contribution >= 4 is 5.78 Å². The summed E-state index contributed by atoms with van der Waals surface area (Å²) in [5.74, 6) is 0.198. The number of ketones is 1. The summed E-state index contributed by atoms with van der Waals surface area (Å²) in [6.45, 7) is 11.2. The molecule has 0 bridgehead atoms. The number of nitrogens with one attached hydrogen (secondary N) is 1. The predicted octanol–water partition coefficient (Wildman–Crippen LogP) is 2.21. The first kappa shape index (κ1) is 17.1. The van der Waals surface area contributed by atoms with E-state index in [9.17, 15) is 4.79 Å². The van der Waals surface area contributed by atoms with E-state index in [1.54, 1.807) is 0 Å². The maximum Gasteiger partial charge on any atom is 0.168 e. The van der Waals surface area contributed by atoms with Crippen molar-refractivity contribution < 1.29 is 9.53 Å². The van der Waals surface area contributed by atoms with Crippen molar-refractivity contribution in [1.29, 1.82) is 0 Å². The fraction of sp³-hybridized carbons (Fsp3) is 0.611. The molecule has 22 heavy (non-hydrogen) atoms. The second-order valence-electron chi connectivity index (χ2n) is 6.97. The van der Waals surface area contributed by atoms with Gasteiger partial charge in [-0.15, -0.1) is 0 Å². The Bertz CT molecular complexity index is 462. The number of carbonyl (C=O) groups is 1. The molecule has 0 amide bonds. The molecule has 1 fully saturated rings. The minimum atomic E-state index is -0.0280. The minimum absolute atomic E-state index is 0.0141. The smallest absolute Gasteiger partial charge is 0.168 e. The molecule has 1 N–H and O–H groups in total. The summed E-state index contributed by atoms with van der Waals surface area (Å²) in [6.07, 6.45) is 0. The van der Waals surface area contributed by atoms with Crippen LogP contribution in [0.2, 0.25) is 0 Å². The van der Waals surface area contributed by atoms with E-state index in [2.05, 4.69) is 31.0 Å². The molecule has 0 radical (unpaired) electrons. The van der Waals surface area contributed by atoms with E-state index in [1.165, 1.54) is 0 Å². The number of nitrogens with zero attached hydrogens (tertiary/aromatic N) is 1. The van der Waals surface area contributed by atoms with Gasteiger partial charge < -0.3 is 10.1 Å². The molecule has 0 spiro atoms. The molecule has 4 nitrogen and oxygen atoms in total. The number of hydrogen-bond donors (Lipinski definition) is 1. The zero-order valence-corrected chi connectivity index (χ0v) is 14.0. The van der Waals surface area contributed by atoms with Crippen molar-refractivity contribution in [3.63, 3.8) is 0 Å². The van der Waals surface area contributed by atoms with Crippen LogP contribution in [-0.4, -0.2) is 55.6 Å². The van der Waals surface area contributed by atoms with E-state index in [0.717, 1.165) is 38.4 Å². The summed E-state index contributed by atoms with van der Waals surface area (Å²) < 4.78 is 5.40. The topological polar surface area (TPSA) is 41.6 Å². The predicted molar refractivity (Wildman–Crippen MR) is 89.3 cm³/mol. The van der Waals surface area contributed by atoms with Crippen LogP contribution in [0, 0.1) is 5.92 Å². The van der Waals surface area contributed by atoms with Crippen LogP contribution in [0.3, 0.4) is 0 Å². The molecule has 4 heteroatoms. The van der Waals surface area contributed by atoms with Crippen LogP contribution < -0.4 is 5.32 Å². The number of benzene rings is 1. The highest BCUT2D eigenvalue weighted by Gasteiger charge is 2.25. The summed E-state index contributed by atoms with van der Waals surface area (Å²) in [6, 6.07) is 9.62. The van der Waals surface area contributed by atoms with Gasteiger partial charge in [0.2, 0.25) is 0 Å². The molecule has 1 heterocycles. The number of hydrogen-bond acceptors (Lipinski definition) is 4. The Kier molecular flexibility index (Phi) is 6.12. The summed E-state index contributed by atoms with van der Waals surface area (Å²) in [7, 11) is 0. The quantitative estimate of drug-likeness (QED) is 0.818. The number of morpholine rings is 1. The SMILES string of the molecule is CC(C)(C)NC[C@H](CN1CCOCC1)C(=O)c1ccccc1. The van der Waals surface area contributed by atoms with Crippen molar-refractivity contribution in [2.24, 2.45) is 5.92 Å². The van der Waals surface area contributed by atoms with E-state index >= 15 is 0 Å². The van der Waals surface area contributed by atoms with Crippen LogP contribution in [0.1, 0.15) is 31.1 Å². The van der Waals surface area contributed by atoms with Crippen LogP contribution in [0.25, 0.3) is 0 Å². The standard InChI is InChI=1S/C18H28N2O2/c1-18(2,3)19-13-16(14-20-9-11-22-12-10-20)17(21)15-7-5-4-6-8-15/h4-8,16,19H,9-14H2,1-3H3/t16-/m1/s1. The van der Waals surface area contributed by atoms with Gasteiger partial charge in [-0.05, 0) is 20.8 Å². The molecular formula is C18H28N2O2. The molecule has 1 aromatic carbocycles. The van der Waals surface area contributed by atoms with Gasteiger partial charge in [0.05, 0.1) is 13.2 Å². The third kappa shape index (κ3) is 5.52. The fourth-order valence-corrected chi connectivity index (χ4v) is 2.60. The lowest BCUT2D eigenvalue weighted by molar-refractivity contribution is 0.0297. The van der Waals surface area contributed by atoms with Crippen LogP contribution in [-0.2, 0) is 4.74 Å². The summed E-state index contributed by atoms with van der Waals surface area (Å²) >= 11 is 0. The van der Waals surface area contributed by atoms with Gasteiger partial charge >= 0.3 is 0 Å². The van der Waals surface area contributed by atoms with Crippen LogP contribution >= 0.6 is 0 Å². The zero-order valence-electron chi connectivity index (χ0n) is 14.0. The molecule has 0 unspecified atom stereocenters. The largest absolute Gasteiger partial charge is 0.379 e. The number of carbonyl (C=O) groups excluding carboxylic acids is 1. The highest BCUT2D eigenvalue weighted by atomic mass is 16.5. The van der Waals surface area contributed by atoms with Gasteiger partial charge in [-0.3, -0.25) is 9.69 Å². The van der Waals surface area contributed by atoms with Crippen molar-refractivity contribution in [1.82, 2.24) is 10.2 Å². The van der Waals surface area contributed by atoms with Crippen molar-refractivity contribution in [2.45, 2.75) is 26.3 Å².